The lowest BCUT2D eigenvalue weighted by Gasteiger charge is -2.00. The molecule has 0 aromatic carbocycles. The molecule has 0 saturated heterocycles. The molecule has 0 saturated carbocycles. The maximum absolute atomic E-state index is 11.0. The Kier molecular flexibility index (Phi) is 3.26. The molecule has 0 aliphatic carbocycles. The zero-order valence-corrected chi connectivity index (χ0v) is 9.44. The van der Waals surface area contributed by atoms with Crippen LogP contribution < -0.4 is 0 Å². The summed E-state index contributed by atoms with van der Waals surface area (Å²) >= 11 is 1.48. The maximum Gasteiger partial charge on any atom is 0.178 e. The van der Waals surface area contributed by atoms with Crippen LogP contribution in [0.3, 0.4) is 0 Å². The highest BCUT2D eigenvalue weighted by Gasteiger charge is 2.02. The number of carbonyl (C=O) groups is 1. The molecular formula is C11H9N3OS. The normalized spacial score (nSPS) is 10.1. The summed E-state index contributed by atoms with van der Waals surface area (Å²) < 4.78 is 0. The van der Waals surface area contributed by atoms with Crippen molar-refractivity contribution in [2.45, 2.75) is 16.8 Å². The van der Waals surface area contributed by atoms with Crippen LogP contribution in [0.25, 0.3) is 0 Å². The van der Waals surface area contributed by atoms with Crippen LogP contribution in [0.1, 0.15) is 17.4 Å². The minimum Gasteiger partial charge on any atom is -0.293 e. The Morgan fingerprint density at radius 2 is 2.12 bits per heavy atom. The second-order valence-electron chi connectivity index (χ2n) is 3.09. The van der Waals surface area contributed by atoms with E-state index in [0.717, 1.165) is 9.92 Å². The highest BCUT2D eigenvalue weighted by Crippen LogP contribution is 2.24. The fourth-order valence-electron chi connectivity index (χ4n) is 1.11. The van der Waals surface area contributed by atoms with Crippen LogP contribution in [0.2, 0.25) is 0 Å². The second-order valence-corrected chi connectivity index (χ2v) is 4.18. The smallest absolute Gasteiger partial charge is 0.178 e. The van der Waals surface area contributed by atoms with Crippen molar-refractivity contribution in [3.05, 3.63) is 42.6 Å². The average molecular weight is 231 g/mol. The van der Waals surface area contributed by atoms with Crippen molar-refractivity contribution in [1.29, 1.82) is 0 Å². The number of Topliss-reactive ketones (excluding diaryl/α,β-unsaturated/α-hetero) is 1. The quantitative estimate of drug-likeness (QED) is 0.599. The largest absolute Gasteiger partial charge is 0.293 e. The fraction of sp³-hybridized carbons (Fsp3) is 0.0909. The van der Waals surface area contributed by atoms with Gasteiger partial charge in [0.1, 0.15) is 17.0 Å². The van der Waals surface area contributed by atoms with E-state index in [-0.39, 0.29) is 5.78 Å². The molecule has 0 N–H and O–H groups in total. The number of ketones is 1. The lowest BCUT2D eigenvalue weighted by molar-refractivity contribution is 0.101. The molecule has 2 rings (SSSR count). The predicted octanol–water partition coefficient (Wildman–Crippen LogP) is 2.23. The number of pyridine rings is 1. The van der Waals surface area contributed by atoms with E-state index >= 15 is 0 Å². The van der Waals surface area contributed by atoms with Gasteiger partial charge in [0.05, 0.1) is 0 Å². The zero-order valence-electron chi connectivity index (χ0n) is 8.62. The van der Waals surface area contributed by atoms with Gasteiger partial charge >= 0.3 is 0 Å². The van der Waals surface area contributed by atoms with E-state index in [1.54, 1.807) is 18.5 Å². The van der Waals surface area contributed by atoms with E-state index < -0.39 is 0 Å². The lowest BCUT2D eigenvalue weighted by atomic mass is 10.3. The molecule has 0 fully saturated rings. The first kappa shape index (κ1) is 10.8. The van der Waals surface area contributed by atoms with E-state index in [0.29, 0.717) is 5.69 Å². The van der Waals surface area contributed by atoms with Gasteiger partial charge < -0.3 is 0 Å². The van der Waals surface area contributed by atoms with E-state index in [1.165, 1.54) is 25.0 Å². The lowest BCUT2D eigenvalue weighted by Crippen LogP contribution is -1.95. The van der Waals surface area contributed by atoms with Crippen LogP contribution in [-0.4, -0.2) is 20.7 Å². The van der Waals surface area contributed by atoms with Crippen molar-refractivity contribution < 1.29 is 4.79 Å². The Balaban J connectivity index is 2.14. The summed E-state index contributed by atoms with van der Waals surface area (Å²) in [5, 5.41) is 0.854. The van der Waals surface area contributed by atoms with Crippen LogP contribution in [0.15, 0.2) is 46.8 Å². The molecule has 2 aromatic rings. The van der Waals surface area contributed by atoms with Gasteiger partial charge in [0, 0.05) is 24.2 Å². The summed E-state index contributed by atoms with van der Waals surface area (Å²) in [6.07, 6.45) is 4.86. The van der Waals surface area contributed by atoms with E-state index in [1.807, 2.05) is 12.1 Å². The van der Waals surface area contributed by atoms with Crippen molar-refractivity contribution in [2.24, 2.45) is 0 Å². The molecule has 0 atom stereocenters. The SMILES string of the molecule is CC(=O)c1ccc(Sc2ccncn2)cn1. The molecule has 4 nitrogen and oxygen atoms in total. The number of rotatable bonds is 3. The van der Waals surface area contributed by atoms with Crippen LogP contribution in [0, 0.1) is 0 Å². The van der Waals surface area contributed by atoms with E-state index in [4.69, 9.17) is 0 Å². The van der Waals surface area contributed by atoms with Crippen molar-refractivity contribution in [1.82, 2.24) is 15.0 Å². The summed E-state index contributed by atoms with van der Waals surface area (Å²) in [4.78, 5) is 24.0. The molecule has 5 heteroatoms. The summed E-state index contributed by atoms with van der Waals surface area (Å²) in [6.45, 7) is 1.50. The van der Waals surface area contributed by atoms with Gasteiger partial charge in [-0.2, -0.15) is 0 Å². The van der Waals surface area contributed by atoms with Gasteiger partial charge in [0.15, 0.2) is 5.78 Å². The highest BCUT2D eigenvalue weighted by molar-refractivity contribution is 7.99. The molecular weight excluding hydrogens is 222 g/mol. The minimum atomic E-state index is -0.0291. The second kappa shape index (κ2) is 4.85. The van der Waals surface area contributed by atoms with Gasteiger partial charge in [0.25, 0.3) is 0 Å². The Labute approximate surface area is 97.2 Å². The van der Waals surface area contributed by atoms with Crippen LogP contribution in [-0.2, 0) is 0 Å². The first-order valence-corrected chi connectivity index (χ1v) is 5.48. The Hall–Kier alpha value is -1.75. The summed E-state index contributed by atoms with van der Waals surface area (Å²) in [6, 6.07) is 5.39. The van der Waals surface area contributed by atoms with Gasteiger partial charge in [-0.15, -0.1) is 0 Å². The average Bonchev–Trinajstić information content (AvgIpc) is 2.31. The molecule has 0 aliphatic heterocycles. The molecule has 0 unspecified atom stereocenters. The van der Waals surface area contributed by atoms with Gasteiger partial charge in [-0.05, 0) is 18.2 Å². The zero-order chi connectivity index (χ0) is 11.4. The predicted molar refractivity (Wildman–Crippen MR) is 60.4 cm³/mol. The molecule has 16 heavy (non-hydrogen) atoms. The number of carbonyl (C=O) groups excluding carboxylic acids is 1. The molecule has 0 bridgehead atoms. The van der Waals surface area contributed by atoms with Crippen LogP contribution in [0.4, 0.5) is 0 Å². The van der Waals surface area contributed by atoms with Crippen LogP contribution >= 0.6 is 11.8 Å². The molecule has 0 aliphatic rings. The van der Waals surface area contributed by atoms with Crippen LogP contribution in [0.5, 0.6) is 0 Å². The van der Waals surface area contributed by atoms with Crippen molar-refractivity contribution >= 4 is 17.5 Å². The van der Waals surface area contributed by atoms with E-state index in [2.05, 4.69) is 15.0 Å². The third kappa shape index (κ3) is 2.64. The summed E-state index contributed by atoms with van der Waals surface area (Å²) in [5.41, 5.74) is 0.479. The van der Waals surface area contributed by atoms with Crippen molar-refractivity contribution in [3.63, 3.8) is 0 Å². The Bertz CT molecular complexity index is 484. The van der Waals surface area contributed by atoms with Gasteiger partial charge in [0.2, 0.25) is 0 Å². The monoisotopic (exact) mass is 231 g/mol. The topological polar surface area (TPSA) is 55.7 Å². The van der Waals surface area contributed by atoms with Gasteiger partial charge in [-0.3, -0.25) is 9.78 Å². The van der Waals surface area contributed by atoms with E-state index in [9.17, 15) is 4.79 Å². The molecule has 2 heterocycles. The first-order valence-electron chi connectivity index (χ1n) is 4.66. The summed E-state index contributed by atoms with van der Waals surface area (Å²) in [7, 11) is 0. The van der Waals surface area contributed by atoms with Crippen molar-refractivity contribution in [2.75, 3.05) is 0 Å². The Morgan fingerprint density at radius 1 is 1.25 bits per heavy atom. The third-order valence-electron chi connectivity index (χ3n) is 1.87. The first-order chi connectivity index (χ1) is 7.75. The highest BCUT2D eigenvalue weighted by atomic mass is 32.2. The molecule has 2 aromatic heterocycles. The van der Waals surface area contributed by atoms with Gasteiger partial charge in [-0.1, -0.05) is 11.8 Å². The number of hydrogen-bond donors (Lipinski definition) is 0. The molecule has 80 valence electrons. The third-order valence-corrected chi connectivity index (χ3v) is 2.80. The standard InChI is InChI=1S/C11H9N3OS/c1-8(15)10-3-2-9(6-13-10)16-11-4-5-12-7-14-11/h2-7H,1H3. The summed E-state index contributed by atoms with van der Waals surface area (Å²) in [5.74, 6) is -0.0291. The molecule has 0 spiro atoms. The Morgan fingerprint density at radius 3 is 2.69 bits per heavy atom. The maximum atomic E-state index is 11.0. The van der Waals surface area contributed by atoms with Crippen molar-refractivity contribution in [3.8, 4) is 0 Å². The minimum absolute atomic E-state index is 0.0291. The molecule has 0 radical (unpaired) electrons. The number of nitrogens with zero attached hydrogens (tertiary/aromatic N) is 3. The fourth-order valence-corrected chi connectivity index (χ4v) is 1.82. The number of hydrogen-bond acceptors (Lipinski definition) is 5. The number of aromatic nitrogens is 3. The van der Waals surface area contributed by atoms with Gasteiger partial charge in [-0.25, -0.2) is 9.97 Å². The molecule has 0 amide bonds.